The highest BCUT2D eigenvalue weighted by Gasteiger charge is 2.16. The van der Waals surface area contributed by atoms with Gasteiger partial charge in [0.1, 0.15) is 5.75 Å². The van der Waals surface area contributed by atoms with Crippen molar-refractivity contribution in [2.24, 2.45) is 5.92 Å². The molecule has 6 nitrogen and oxygen atoms in total. The van der Waals surface area contributed by atoms with E-state index in [-0.39, 0.29) is 17.9 Å². The zero-order chi connectivity index (χ0) is 14.5. The van der Waals surface area contributed by atoms with Gasteiger partial charge in [0.2, 0.25) is 10.0 Å². The third kappa shape index (κ3) is 4.53. The molecule has 19 heavy (non-hydrogen) atoms. The number of sulfonamides is 1. The van der Waals surface area contributed by atoms with Gasteiger partial charge in [0.05, 0.1) is 17.9 Å². The van der Waals surface area contributed by atoms with Gasteiger partial charge < -0.3 is 9.84 Å². The lowest BCUT2D eigenvalue weighted by Crippen LogP contribution is -2.27. The Morgan fingerprint density at radius 2 is 1.95 bits per heavy atom. The van der Waals surface area contributed by atoms with Crippen molar-refractivity contribution in [3.8, 4) is 5.75 Å². The van der Waals surface area contributed by atoms with Crippen molar-refractivity contribution in [2.45, 2.75) is 18.2 Å². The van der Waals surface area contributed by atoms with Crippen LogP contribution in [0.5, 0.6) is 5.75 Å². The standard InChI is InChI=1S/C12H17NO5S/c1-9(12(14)15)7-8-13-19(16,17)11-5-3-10(18-2)4-6-11/h3-6,9,13H,7-8H2,1-2H3,(H,14,15). The van der Waals surface area contributed by atoms with Crippen molar-refractivity contribution in [2.75, 3.05) is 13.7 Å². The van der Waals surface area contributed by atoms with Crippen LogP contribution in [0, 0.1) is 5.92 Å². The molecule has 1 atom stereocenters. The quantitative estimate of drug-likeness (QED) is 0.783. The molecule has 0 heterocycles. The second kappa shape index (κ2) is 6.53. The minimum Gasteiger partial charge on any atom is -0.497 e. The number of carboxylic acid groups (broad SMARTS) is 1. The van der Waals surface area contributed by atoms with E-state index in [1.165, 1.54) is 26.2 Å². The Bertz CT molecular complexity index is 524. The number of hydrogen-bond acceptors (Lipinski definition) is 4. The summed E-state index contributed by atoms with van der Waals surface area (Å²) in [5.41, 5.74) is 0. The van der Waals surface area contributed by atoms with Gasteiger partial charge in [-0.15, -0.1) is 0 Å². The highest BCUT2D eigenvalue weighted by molar-refractivity contribution is 7.89. The van der Waals surface area contributed by atoms with Crippen LogP contribution in [-0.2, 0) is 14.8 Å². The predicted octanol–water partition coefficient (Wildman–Crippen LogP) is 1.08. The van der Waals surface area contributed by atoms with Crippen molar-refractivity contribution in [1.29, 1.82) is 0 Å². The van der Waals surface area contributed by atoms with Gasteiger partial charge in [0.15, 0.2) is 0 Å². The number of hydrogen-bond donors (Lipinski definition) is 2. The summed E-state index contributed by atoms with van der Waals surface area (Å²) in [7, 11) is -2.11. The van der Waals surface area contributed by atoms with E-state index in [4.69, 9.17) is 9.84 Å². The van der Waals surface area contributed by atoms with Gasteiger partial charge in [0.25, 0.3) is 0 Å². The average Bonchev–Trinajstić information content (AvgIpc) is 2.38. The van der Waals surface area contributed by atoms with Crippen molar-refractivity contribution < 1.29 is 23.1 Å². The van der Waals surface area contributed by atoms with Crippen LogP contribution in [0.4, 0.5) is 0 Å². The SMILES string of the molecule is COc1ccc(S(=O)(=O)NCCC(C)C(=O)O)cc1. The van der Waals surface area contributed by atoms with Gasteiger partial charge in [-0.1, -0.05) is 6.92 Å². The molecular weight excluding hydrogens is 270 g/mol. The van der Waals surface area contributed by atoms with Gasteiger partial charge in [-0.2, -0.15) is 0 Å². The maximum Gasteiger partial charge on any atom is 0.306 e. The van der Waals surface area contributed by atoms with E-state index < -0.39 is 21.9 Å². The first kappa shape index (κ1) is 15.5. The number of methoxy groups -OCH3 is 1. The summed E-state index contributed by atoms with van der Waals surface area (Å²) in [5, 5.41) is 8.70. The normalized spacial score (nSPS) is 12.9. The average molecular weight is 287 g/mol. The summed E-state index contributed by atoms with van der Waals surface area (Å²) in [6.45, 7) is 1.62. The molecule has 0 fully saturated rings. The highest BCUT2D eigenvalue weighted by Crippen LogP contribution is 2.15. The highest BCUT2D eigenvalue weighted by atomic mass is 32.2. The Morgan fingerprint density at radius 3 is 2.42 bits per heavy atom. The van der Waals surface area contributed by atoms with Crippen molar-refractivity contribution in [3.63, 3.8) is 0 Å². The van der Waals surface area contributed by atoms with E-state index in [9.17, 15) is 13.2 Å². The maximum absolute atomic E-state index is 11.9. The summed E-state index contributed by atoms with van der Waals surface area (Å²) >= 11 is 0. The van der Waals surface area contributed by atoms with Crippen LogP contribution in [0.25, 0.3) is 0 Å². The van der Waals surface area contributed by atoms with Gasteiger partial charge in [-0.25, -0.2) is 13.1 Å². The molecule has 0 aromatic heterocycles. The van der Waals surface area contributed by atoms with Crippen LogP contribution in [-0.4, -0.2) is 33.1 Å². The van der Waals surface area contributed by atoms with Crippen LogP contribution >= 0.6 is 0 Å². The van der Waals surface area contributed by atoms with Gasteiger partial charge >= 0.3 is 5.97 Å². The van der Waals surface area contributed by atoms with E-state index in [0.29, 0.717) is 5.75 Å². The lowest BCUT2D eigenvalue weighted by atomic mass is 10.1. The topological polar surface area (TPSA) is 92.7 Å². The molecule has 0 radical (unpaired) electrons. The van der Waals surface area contributed by atoms with E-state index in [0.717, 1.165) is 0 Å². The molecule has 1 unspecified atom stereocenters. The predicted molar refractivity (Wildman–Crippen MR) is 69.6 cm³/mol. The largest absolute Gasteiger partial charge is 0.497 e. The number of carboxylic acids is 1. The summed E-state index contributed by atoms with van der Waals surface area (Å²) in [6.07, 6.45) is 0.241. The maximum atomic E-state index is 11.9. The molecule has 106 valence electrons. The van der Waals surface area contributed by atoms with Crippen molar-refractivity contribution >= 4 is 16.0 Å². The molecule has 0 aliphatic carbocycles. The molecular formula is C12H17NO5S. The third-order valence-electron chi connectivity index (χ3n) is 2.66. The third-order valence-corrected chi connectivity index (χ3v) is 4.14. The van der Waals surface area contributed by atoms with E-state index >= 15 is 0 Å². The molecule has 0 amide bonds. The Labute approximate surface area is 112 Å². The second-order valence-electron chi connectivity index (χ2n) is 4.10. The summed E-state index contributed by atoms with van der Waals surface area (Å²) in [6, 6.07) is 5.96. The first-order valence-electron chi connectivity index (χ1n) is 5.73. The van der Waals surface area contributed by atoms with Crippen molar-refractivity contribution in [1.82, 2.24) is 4.72 Å². The fourth-order valence-electron chi connectivity index (χ4n) is 1.37. The van der Waals surface area contributed by atoms with Gasteiger partial charge in [0, 0.05) is 6.54 Å². The first-order chi connectivity index (χ1) is 8.86. The molecule has 0 spiro atoms. The molecule has 7 heteroatoms. The summed E-state index contributed by atoms with van der Waals surface area (Å²) in [4.78, 5) is 10.7. The van der Waals surface area contributed by atoms with Gasteiger partial charge in [-0.3, -0.25) is 4.79 Å². The lowest BCUT2D eigenvalue weighted by Gasteiger charge is -2.09. The Hall–Kier alpha value is -1.60. The fourth-order valence-corrected chi connectivity index (χ4v) is 2.42. The summed E-state index contributed by atoms with van der Waals surface area (Å²) < 4.78 is 31.1. The molecule has 1 aromatic rings. The molecule has 0 aliphatic rings. The van der Waals surface area contributed by atoms with Crippen LogP contribution in [0.1, 0.15) is 13.3 Å². The first-order valence-corrected chi connectivity index (χ1v) is 7.21. The molecule has 0 saturated heterocycles. The number of ether oxygens (including phenoxy) is 1. The van der Waals surface area contributed by atoms with E-state index in [2.05, 4.69) is 4.72 Å². The van der Waals surface area contributed by atoms with E-state index in [1.807, 2.05) is 0 Å². The molecule has 1 rings (SSSR count). The number of nitrogens with one attached hydrogen (secondary N) is 1. The smallest absolute Gasteiger partial charge is 0.306 e. The monoisotopic (exact) mass is 287 g/mol. The molecule has 0 bridgehead atoms. The Balaban J connectivity index is 2.62. The molecule has 2 N–H and O–H groups in total. The second-order valence-corrected chi connectivity index (χ2v) is 5.87. The van der Waals surface area contributed by atoms with Gasteiger partial charge in [-0.05, 0) is 30.7 Å². The number of carbonyl (C=O) groups is 1. The molecule has 0 aliphatic heterocycles. The zero-order valence-electron chi connectivity index (χ0n) is 10.8. The zero-order valence-corrected chi connectivity index (χ0v) is 11.6. The molecule has 0 saturated carbocycles. The van der Waals surface area contributed by atoms with Crippen LogP contribution in [0.3, 0.4) is 0 Å². The number of aliphatic carboxylic acids is 1. The lowest BCUT2D eigenvalue weighted by molar-refractivity contribution is -0.141. The van der Waals surface area contributed by atoms with Crippen LogP contribution in [0.15, 0.2) is 29.2 Å². The van der Waals surface area contributed by atoms with Crippen molar-refractivity contribution in [3.05, 3.63) is 24.3 Å². The van der Waals surface area contributed by atoms with Crippen LogP contribution in [0.2, 0.25) is 0 Å². The number of rotatable bonds is 7. The summed E-state index contributed by atoms with van der Waals surface area (Å²) in [5.74, 6) is -0.958. The minimum absolute atomic E-state index is 0.0851. The Morgan fingerprint density at radius 1 is 1.37 bits per heavy atom. The fraction of sp³-hybridized carbons (Fsp3) is 0.417. The van der Waals surface area contributed by atoms with Crippen LogP contribution < -0.4 is 9.46 Å². The number of benzene rings is 1. The van der Waals surface area contributed by atoms with E-state index in [1.54, 1.807) is 12.1 Å². The minimum atomic E-state index is -3.61. The Kier molecular flexibility index (Phi) is 5.31. The molecule has 1 aromatic carbocycles.